The second-order valence-electron chi connectivity index (χ2n) is 8.45. The summed E-state index contributed by atoms with van der Waals surface area (Å²) in [6.45, 7) is 5.41. The Morgan fingerprint density at radius 3 is 2.20 bits per heavy atom. The maximum Gasteiger partial charge on any atom is 0.344 e. The fourth-order valence-corrected chi connectivity index (χ4v) is 3.73. The Morgan fingerprint density at radius 2 is 1.66 bits per heavy atom. The van der Waals surface area contributed by atoms with Crippen molar-refractivity contribution in [2.75, 3.05) is 12.4 Å². The number of benzene rings is 2. The van der Waals surface area contributed by atoms with Gasteiger partial charge in [0.2, 0.25) is 0 Å². The van der Waals surface area contributed by atoms with Crippen molar-refractivity contribution in [1.82, 2.24) is 9.97 Å². The molecule has 1 heterocycles. The third kappa shape index (κ3) is 6.55. The molecule has 0 radical (unpaired) electrons. The van der Waals surface area contributed by atoms with Crippen molar-refractivity contribution in [2.45, 2.75) is 32.8 Å². The second-order valence-corrected chi connectivity index (χ2v) is 9.26. The van der Waals surface area contributed by atoms with E-state index in [2.05, 4.69) is 15.3 Å². The Bertz CT molecular complexity index is 1250. The van der Waals surface area contributed by atoms with Crippen molar-refractivity contribution in [3.05, 3.63) is 69.3 Å². The molecular formula is C25H23Cl2N3O5. The monoisotopic (exact) mass is 515 g/mol. The standard InChI is InChI=1S/C25H23Cl2N3O5/c1-25(2,3)35-19(32)12-14-8-10-15(11-9-14)28-23-21(24(33)34-4)18(13-31)29-22(30-23)20-16(26)6-5-7-17(20)27/h5-11,13H,12H2,1-4H3,(H,28,29,30). The van der Waals surface area contributed by atoms with Crippen molar-refractivity contribution in [3.63, 3.8) is 0 Å². The summed E-state index contributed by atoms with van der Waals surface area (Å²) < 4.78 is 10.2. The van der Waals surface area contributed by atoms with Crippen LogP contribution >= 0.6 is 23.2 Å². The van der Waals surface area contributed by atoms with Crippen molar-refractivity contribution in [2.24, 2.45) is 0 Å². The van der Waals surface area contributed by atoms with Gasteiger partial charge in [-0.2, -0.15) is 0 Å². The minimum Gasteiger partial charge on any atom is -0.465 e. The number of anilines is 2. The molecule has 0 saturated heterocycles. The molecule has 0 fully saturated rings. The number of carbonyl (C=O) groups excluding carboxylic acids is 3. The zero-order chi connectivity index (χ0) is 25.8. The number of nitrogens with one attached hydrogen (secondary N) is 1. The van der Waals surface area contributed by atoms with E-state index in [1.807, 2.05) is 0 Å². The Morgan fingerprint density at radius 1 is 1.03 bits per heavy atom. The van der Waals surface area contributed by atoms with Gasteiger partial charge in [-0.25, -0.2) is 14.8 Å². The fourth-order valence-electron chi connectivity index (χ4n) is 3.17. The van der Waals surface area contributed by atoms with E-state index in [9.17, 15) is 14.4 Å². The number of carbonyl (C=O) groups is 3. The van der Waals surface area contributed by atoms with Gasteiger partial charge in [-0.15, -0.1) is 0 Å². The summed E-state index contributed by atoms with van der Waals surface area (Å²) in [5, 5.41) is 3.57. The molecular weight excluding hydrogens is 493 g/mol. The Balaban J connectivity index is 1.99. The van der Waals surface area contributed by atoms with E-state index in [-0.39, 0.29) is 45.3 Å². The van der Waals surface area contributed by atoms with Crippen LogP contribution in [-0.2, 0) is 20.7 Å². The lowest BCUT2D eigenvalue weighted by Gasteiger charge is -2.19. The third-order valence-electron chi connectivity index (χ3n) is 4.61. The van der Waals surface area contributed by atoms with Crippen molar-refractivity contribution < 1.29 is 23.9 Å². The van der Waals surface area contributed by atoms with Crippen molar-refractivity contribution >= 4 is 52.9 Å². The average Bonchev–Trinajstić information content (AvgIpc) is 2.78. The first kappa shape index (κ1) is 26.1. The van der Waals surface area contributed by atoms with Crippen LogP contribution in [0, 0.1) is 0 Å². The van der Waals surface area contributed by atoms with Gasteiger partial charge in [-0.05, 0) is 50.6 Å². The van der Waals surface area contributed by atoms with Gasteiger partial charge in [0.15, 0.2) is 12.1 Å². The van der Waals surface area contributed by atoms with Crippen LogP contribution in [-0.4, -0.2) is 40.9 Å². The van der Waals surface area contributed by atoms with E-state index in [1.165, 1.54) is 7.11 Å². The molecule has 10 heteroatoms. The average molecular weight is 516 g/mol. The largest absolute Gasteiger partial charge is 0.465 e. The highest BCUT2D eigenvalue weighted by atomic mass is 35.5. The second kappa shape index (κ2) is 10.8. The highest BCUT2D eigenvalue weighted by Crippen LogP contribution is 2.34. The summed E-state index contributed by atoms with van der Waals surface area (Å²) in [5.74, 6) is -1.06. The van der Waals surface area contributed by atoms with Gasteiger partial charge in [0, 0.05) is 5.69 Å². The summed E-state index contributed by atoms with van der Waals surface area (Å²) in [7, 11) is 1.19. The van der Waals surface area contributed by atoms with Gasteiger partial charge in [0.05, 0.1) is 29.1 Å². The van der Waals surface area contributed by atoms with Crippen LogP contribution in [0.5, 0.6) is 0 Å². The Hall–Kier alpha value is -3.49. The predicted molar refractivity (Wildman–Crippen MR) is 133 cm³/mol. The zero-order valence-corrected chi connectivity index (χ0v) is 21.0. The molecule has 1 N–H and O–H groups in total. The fraction of sp³-hybridized carbons (Fsp3) is 0.240. The van der Waals surface area contributed by atoms with Crippen LogP contribution < -0.4 is 5.32 Å². The van der Waals surface area contributed by atoms with E-state index in [0.717, 1.165) is 5.56 Å². The van der Waals surface area contributed by atoms with Gasteiger partial charge < -0.3 is 14.8 Å². The molecule has 8 nitrogen and oxygen atoms in total. The van der Waals surface area contributed by atoms with Gasteiger partial charge in [0.25, 0.3) is 0 Å². The molecule has 0 bridgehead atoms. The summed E-state index contributed by atoms with van der Waals surface area (Å²) in [4.78, 5) is 45.0. The molecule has 3 aromatic rings. The number of hydrogen-bond acceptors (Lipinski definition) is 8. The molecule has 2 aromatic carbocycles. The van der Waals surface area contributed by atoms with Crippen LogP contribution in [0.1, 0.15) is 47.2 Å². The number of nitrogens with zero attached hydrogens (tertiary/aromatic N) is 2. The molecule has 3 rings (SSSR count). The van der Waals surface area contributed by atoms with E-state index >= 15 is 0 Å². The summed E-state index contributed by atoms with van der Waals surface area (Å²) in [6, 6.07) is 11.7. The topological polar surface area (TPSA) is 107 Å². The lowest BCUT2D eigenvalue weighted by atomic mass is 10.1. The quantitative estimate of drug-likeness (QED) is 0.316. The molecule has 1 aromatic heterocycles. The number of aldehydes is 1. The van der Waals surface area contributed by atoms with Crippen LogP contribution in [0.15, 0.2) is 42.5 Å². The minimum absolute atomic E-state index is 0.0276. The van der Waals surface area contributed by atoms with Gasteiger partial charge in [-0.3, -0.25) is 9.59 Å². The predicted octanol–water partition coefficient (Wildman–Crippen LogP) is 5.68. The highest BCUT2D eigenvalue weighted by molar-refractivity contribution is 6.39. The molecule has 0 aliphatic rings. The smallest absolute Gasteiger partial charge is 0.344 e. The Labute approximate surface area is 212 Å². The minimum atomic E-state index is -0.798. The van der Waals surface area contributed by atoms with E-state index in [4.69, 9.17) is 32.7 Å². The highest BCUT2D eigenvalue weighted by Gasteiger charge is 2.24. The zero-order valence-electron chi connectivity index (χ0n) is 19.5. The molecule has 182 valence electrons. The van der Waals surface area contributed by atoms with Crippen LogP contribution in [0.3, 0.4) is 0 Å². The van der Waals surface area contributed by atoms with Gasteiger partial charge in [0.1, 0.15) is 22.7 Å². The first-order valence-electron chi connectivity index (χ1n) is 10.5. The molecule has 0 unspecified atom stereocenters. The van der Waals surface area contributed by atoms with Crippen molar-refractivity contribution in [1.29, 1.82) is 0 Å². The number of esters is 2. The summed E-state index contributed by atoms with van der Waals surface area (Å²) >= 11 is 12.6. The van der Waals surface area contributed by atoms with E-state index in [0.29, 0.717) is 17.5 Å². The molecule has 0 spiro atoms. The molecule has 35 heavy (non-hydrogen) atoms. The third-order valence-corrected chi connectivity index (χ3v) is 5.24. The van der Waals surface area contributed by atoms with Gasteiger partial charge in [-0.1, -0.05) is 41.4 Å². The number of ether oxygens (including phenoxy) is 2. The maximum absolute atomic E-state index is 12.5. The van der Waals surface area contributed by atoms with Crippen LogP contribution in [0.25, 0.3) is 11.4 Å². The number of methoxy groups -OCH3 is 1. The number of hydrogen-bond donors (Lipinski definition) is 1. The van der Waals surface area contributed by atoms with E-state index in [1.54, 1.807) is 63.2 Å². The van der Waals surface area contributed by atoms with E-state index < -0.39 is 11.6 Å². The molecule has 0 atom stereocenters. The maximum atomic E-state index is 12.5. The first-order valence-corrected chi connectivity index (χ1v) is 11.3. The SMILES string of the molecule is COC(=O)c1c(C=O)nc(-c2c(Cl)cccc2Cl)nc1Nc1ccc(CC(=O)OC(C)(C)C)cc1. The summed E-state index contributed by atoms with van der Waals surface area (Å²) in [5.41, 5.74) is 0.668. The van der Waals surface area contributed by atoms with Gasteiger partial charge >= 0.3 is 11.9 Å². The summed E-state index contributed by atoms with van der Waals surface area (Å²) in [6.07, 6.45) is 0.528. The molecule has 0 aliphatic carbocycles. The first-order chi connectivity index (χ1) is 16.5. The normalized spacial score (nSPS) is 11.0. The number of halogens is 2. The molecule has 0 aliphatic heterocycles. The van der Waals surface area contributed by atoms with Crippen molar-refractivity contribution in [3.8, 4) is 11.4 Å². The van der Waals surface area contributed by atoms with Crippen LogP contribution in [0.4, 0.5) is 11.5 Å². The lowest BCUT2D eigenvalue weighted by Crippen LogP contribution is -2.24. The lowest BCUT2D eigenvalue weighted by molar-refractivity contribution is -0.153. The number of rotatable bonds is 7. The number of aromatic nitrogens is 2. The molecule has 0 saturated carbocycles. The molecule has 0 amide bonds. The van der Waals surface area contributed by atoms with Crippen LogP contribution in [0.2, 0.25) is 10.0 Å². The Kier molecular flexibility index (Phi) is 8.09.